The van der Waals surface area contributed by atoms with Gasteiger partial charge >= 0.3 is 0 Å². The lowest BCUT2D eigenvalue weighted by atomic mass is 10.2. The summed E-state index contributed by atoms with van der Waals surface area (Å²) in [6.45, 7) is 5.84. The first-order valence-corrected chi connectivity index (χ1v) is 7.55. The van der Waals surface area contributed by atoms with Crippen molar-refractivity contribution in [1.82, 2.24) is 24.3 Å². The second kappa shape index (κ2) is 6.23. The second-order valence-corrected chi connectivity index (χ2v) is 5.91. The Morgan fingerprint density at radius 1 is 1.14 bits per heavy atom. The van der Waals surface area contributed by atoms with E-state index in [9.17, 15) is 0 Å². The van der Waals surface area contributed by atoms with Crippen LogP contribution in [0.5, 0.6) is 0 Å². The van der Waals surface area contributed by atoms with E-state index in [-0.39, 0.29) is 0 Å². The smallest absolute Gasteiger partial charge is 0.136 e. The highest BCUT2D eigenvalue weighted by molar-refractivity contribution is 5.39. The molecule has 0 amide bonds. The summed E-state index contributed by atoms with van der Waals surface area (Å²) < 4.78 is 2.12. The number of nitrogens with zero attached hydrogens (tertiary/aromatic N) is 5. The molecule has 0 aromatic carbocycles. The number of aromatic nitrogens is 4. The number of pyridine rings is 1. The van der Waals surface area contributed by atoms with Gasteiger partial charge in [0.2, 0.25) is 0 Å². The summed E-state index contributed by atoms with van der Waals surface area (Å²) in [6, 6.07) is 8.03. The molecule has 0 atom stereocenters. The molecule has 0 aliphatic carbocycles. The van der Waals surface area contributed by atoms with Crippen LogP contribution in [-0.4, -0.2) is 31.3 Å². The minimum absolute atomic E-state index is 0.351. The summed E-state index contributed by atoms with van der Waals surface area (Å²) in [7, 11) is 2.10. The zero-order chi connectivity index (χ0) is 15.5. The van der Waals surface area contributed by atoms with E-state index in [2.05, 4.69) is 45.1 Å². The Bertz CT molecular complexity index is 762. The molecule has 0 spiro atoms. The SMILES string of the molecule is CC(C)c1nccc(CN(C)Cc2cnc3ccccn23)n1. The Hall–Kier alpha value is -2.27. The third-order valence-corrected chi connectivity index (χ3v) is 3.61. The van der Waals surface area contributed by atoms with Crippen LogP contribution in [0.25, 0.3) is 5.65 Å². The lowest BCUT2D eigenvalue weighted by Gasteiger charge is -2.16. The number of hydrogen-bond donors (Lipinski definition) is 0. The van der Waals surface area contributed by atoms with Gasteiger partial charge in [-0.15, -0.1) is 0 Å². The van der Waals surface area contributed by atoms with Crippen LogP contribution in [0.1, 0.15) is 37.0 Å². The maximum absolute atomic E-state index is 4.63. The summed E-state index contributed by atoms with van der Waals surface area (Å²) in [5.41, 5.74) is 3.21. The Morgan fingerprint density at radius 2 is 2.00 bits per heavy atom. The van der Waals surface area contributed by atoms with E-state index in [1.54, 1.807) is 0 Å². The van der Waals surface area contributed by atoms with Crippen molar-refractivity contribution < 1.29 is 0 Å². The van der Waals surface area contributed by atoms with E-state index >= 15 is 0 Å². The van der Waals surface area contributed by atoms with Crippen LogP contribution in [0.3, 0.4) is 0 Å². The van der Waals surface area contributed by atoms with Gasteiger partial charge in [0.15, 0.2) is 0 Å². The quantitative estimate of drug-likeness (QED) is 0.726. The van der Waals surface area contributed by atoms with Gasteiger partial charge in [-0.2, -0.15) is 0 Å². The molecule has 5 nitrogen and oxygen atoms in total. The topological polar surface area (TPSA) is 46.3 Å². The number of fused-ring (bicyclic) bond motifs is 1. The fraction of sp³-hybridized carbons (Fsp3) is 0.353. The molecule has 0 N–H and O–H groups in total. The zero-order valence-electron chi connectivity index (χ0n) is 13.3. The molecule has 0 radical (unpaired) electrons. The molecule has 22 heavy (non-hydrogen) atoms. The monoisotopic (exact) mass is 295 g/mol. The van der Waals surface area contributed by atoms with Crippen LogP contribution in [0.15, 0.2) is 42.9 Å². The lowest BCUT2D eigenvalue weighted by Crippen LogP contribution is -2.19. The number of hydrogen-bond acceptors (Lipinski definition) is 4. The highest BCUT2D eigenvalue weighted by Gasteiger charge is 2.09. The van der Waals surface area contributed by atoms with Gasteiger partial charge in [0, 0.05) is 31.4 Å². The Morgan fingerprint density at radius 3 is 2.82 bits per heavy atom. The first-order valence-electron chi connectivity index (χ1n) is 7.55. The molecule has 0 aliphatic heterocycles. The van der Waals surface area contributed by atoms with Crippen LogP contribution in [0, 0.1) is 0 Å². The lowest BCUT2D eigenvalue weighted by molar-refractivity contribution is 0.309. The van der Waals surface area contributed by atoms with E-state index in [0.717, 1.165) is 30.3 Å². The maximum Gasteiger partial charge on any atom is 0.136 e. The molecular formula is C17H21N5. The number of rotatable bonds is 5. The van der Waals surface area contributed by atoms with Crippen molar-refractivity contribution in [3.8, 4) is 0 Å². The van der Waals surface area contributed by atoms with Crippen molar-refractivity contribution in [2.75, 3.05) is 7.05 Å². The molecule has 114 valence electrons. The fourth-order valence-electron chi connectivity index (χ4n) is 2.49. The average Bonchev–Trinajstić information content (AvgIpc) is 2.91. The minimum atomic E-state index is 0.351. The third-order valence-electron chi connectivity index (χ3n) is 3.61. The van der Waals surface area contributed by atoms with Gasteiger partial charge in [0.1, 0.15) is 11.5 Å². The first kappa shape index (κ1) is 14.7. The molecule has 3 heterocycles. The largest absolute Gasteiger partial charge is 0.303 e. The highest BCUT2D eigenvalue weighted by atomic mass is 15.1. The van der Waals surface area contributed by atoms with E-state index in [1.807, 2.05) is 42.9 Å². The normalized spacial score (nSPS) is 11.7. The molecule has 3 rings (SSSR count). The first-order chi connectivity index (χ1) is 10.6. The molecule has 0 saturated carbocycles. The van der Waals surface area contributed by atoms with E-state index in [4.69, 9.17) is 0 Å². The summed E-state index contributed by atoms with van der Waals surface area (Å²) in [4.78, 5) is 15.6. The predicted molar refractivity (Wildman–Crippen MR) is 86.5 cm³/mol. The Labute approximate surface area is 130 Å². The second-order valence-electron chi connectivity index (χ2n) is 5.91. The van der Waals surface area contributed by atoms with Crippen LogP contribution in [0.4, 0.5) is 0 Å². The summed E-state index contributed by atoms with van der Waals surface area (Å²) >= 11 is 0. The molecule has 5 heteroatoms. The Kier molecular flexibility index (Phi) is 4.15. The van der Waals surface area contributed by atoms with Crippen LogP contribution < -0.4 is 0 Å². The minimum Gasteiger partial charge on any atom is -0.303 e. The van der Waals surface area contributed by atoms with Gasteiger partial charge in [-0.25, -0.2) is 15.0 Å². The van der Waals surface area contributed by atoms with Gasteiger partial charge in [0.25, 0.3) is 0 Å². The van der Waals surface area contributed by atoms with Gasteiger partial charge in [-0.05, 0) is 25.2 Å². The summed E-state index contributed by atoms with van der Waals surface area (Å²) in [5, 5.41) is 0. The highest BCUT2D eigenvalue weighted by Crippen LogP contribution is 2.12. The van der Waals surface area contributed by atoms with E-state index in [0.29, 0.717) is 5.92 Å². The van der Waals surface area contributed by atoms with Crippen molar-refractivity contribution in [2.45, 2.75) is 32.9 Å². The van der Waals surface area contributed by atoms with Gasteiger partial charge < -0.3 is 4.40 Å². The predicted octanol–water partition coefficient (Wildman–Crippen LogP) is 2.88. The van der Waals surface area contributed by atoms with Gasteiger partial charge in [-0.3, -0.25) is 4.90 Å². The standard InChI is InChI=1S/C17H21N5/c1-13(2)17-18-8-7-14(20-17)11-21(3)12-15-10-19-16-6-4-5-9-22(15)16/h4-10,13H,11-12H2,1-3H3. The molecule has 0 saturated heterocycles. The van der Waals surface area contributed by atoms with Gasteiger partial charge in [-0.1, -0.05) is 19.9 Å². The van der Waals surface area contributed by atoms with Crippen LogP contribution in [0.2, 0.25) is 0 Å². The van der Waals surface area contributed by atoms with Crippen molar-refractivity contribution in [3.05, 3.63) is 60.1 Å². The molecule has 0 fully saturated rings. The molecule has 0 unspecified atom stereocenters. The molecule has 3 aromatic rings. The maximum atomic E-state index is 4.63. The van der Waals surface area contributed by atoms with Crippen molar-refractivity contribution >= 4 is 5.65 Å². The summed E-state index contributed by atoms with van der Waals surface area (Å²) in [5.74, 6) is 1.25. The van der Waals surface area contributed by atoms with Crippen LogP contribution >= 0.6 is 0 Å². The van der Waals surface area contributed by atoms with E-state index in [1.165, 1.54) is 5.69 Å². The fourth-order valence-corrected chi connectivity index (χ4v) is 2.49. The van der Waals surface area contributed by atoms with Crippen molar-refractivity contribution in [2.24, 2.45) is 0 Å². The van der Waals surface area contributed by atoms with Crippen LogP contribution in [-0.2, 0) is 13.1 Å². The van der Waals surface area contributed by atoms with E-state index < -0.39 is 0 Å². The molecule has 0 bridgehead atoms. The molecular weight excluding hydrogens is 274 g/mol. The number of imidazole rings is 1. The third kappa shape index (κ3) is 3.14. The Balaban J connectivity index is 1.72. The molecule has 3 aromatic heterocycles. The summed E-state index contributed by atoms with van der Waals surface area (Å²) in [6.07, 6.45) is 5.83. The zero-order valence-corrected chi connectivity index (χ0v) is 13.3. The van der Waals surface area contributed by atoms with Crippen molar-refractivity contribution in [3.63, 3.8) is 0 Å². The molecule has 0 aliphatic rings. The van der Waals surface area contributed by atoms with Crippen molar-refractivity contribution in [1.29, 1.82) is 0 Å². The van der Waals surface area contributed by atoms with Gasteiger partial charge in [0.05, 0.1) is 17.6 Å². The average molecular weight is 295 g/mol.